The molecule has 0 aliphatic rings. The highest BCUT2D eigenvalue weighted by Gasteiger charge is 2.25. The Labute approximate surface area is 133 Å². The van der Waals surface area contributed by atoms with E-state index in [-0.39, 0.29) is 26.4 Å². The number of ether oxygens (including phenoxy) is 1. The molecule has 0 atom stereocenters. The van der Waals surface area contributed by atoms with E-state index in [0.717, 1.165) is 25.7 Å². The number of methoxy groups -OCH3 is 1. The van der Waals surface area contributed by atoms with E-state index in [9.17, 15) is 9.90 Å². The molecule has 20 heavy (non-hydrogen) atoms. The third-order valence-electron chi connectivity index (χ3n) is 3.07. The molecular weight excluding hydrogens is 323 g/mol. The molecule has 0 fully saturated rings. The maximum absolute atomic E-state index is 11.8. The van der Waals surface area contributed by atoms with E-state index in [1.807, 2.05) is 0 Å². The molecule has 0 radical (unpaired) electrons. The lowest BCUT2D eigenvalue weighted by atomic mass is 9.99. The molecule has 0 aliphatic carbocycles. The zero-order valence-corrected chi connectivity index (χ0v) is 13.7. The van der Waals surface area contributed by atoms with Crippen LogP contribution < -0.4 is 0 Å². The number of carbonyl (C=O) groups excluding carboxylic acids is 1. The monoisotopic (exact) mass is 338 g/mol. The molecule has 0 saturated heterocycles. The Hall–Kier alpha value is -0.640. The molecular formula is C14H17Cl3O3. The third-order valence-corrected chi connectivity index (χ3v) is 4.39. The quantitative estimate of drug-likeness (QED) is 0.437. The summed E-state index contributed by atoms with van der Waals surface area (Å²) in [5.41, 5.74) is 0.491. The van der Waals surface area contributed by atoms with E-state index in [4.69, 9.17) is 39.5 Å². The van der Waals surface area contributed by atoms with Crippen molar-refractivity contribution in [2.24, 2.45) is 0 Å². The topological polar surface area (TPSA) is 46.5 Å². The SMILES string of the molecule is CCCCCCc1c(O)c(Cl)c(Cl)c(Cl)c1C(=O)OC. The highest BCUT2D eigenvalue weighted by molar-refractivity contribution is 6.50. The van der Waals surface area contributed by atoms with Crippen LogP contribution in [0.1, 0.15) is 48.5 Å². The number of hydrogen-bond donors (Lipinski definition) is 1. The van der Waals surface area contributed by atoms with Crippen LogP contribution in [0.2, 0.25) is 15.1 Å². The number of phenolic OH excluding ortho intramolecular Hbond substituents is 1. The molecule has 0 saturated carbocycles. The fourth-order valence-electron chi connectivity index (χ4n) is 1.98. The molecule has 1 N–H and O–H groups in total. The normalized spacial score (nSPS) is 10.7. The van der Waals surface area contributed by atoms with E-state index in [1.165, 1.54) is 7.11 Å². The van der Waals surface area contributed by atoms with Crippen molar-refractivity contribution in [2.75, 3.05) is 7.11 Å². The summed E-state index contributed by atoms with van der Waals surface area (Å²) in [7, 11) is 1.25. The average Bonchev–Trinajstić information content (AvgIpc) is 2.45. The Balaban J connectivity index is 3.21. The number of halogens is 3. The van der Waals surface area contributed by atoms with Crippen LogP contribution in [0.4, 0.5) is 0 Å². The summed E-state index contributed by atoms with van der Waals surface area (Å²) in [6.07, 6.45) is 4.49. The number of rotatable bonds is 6. The number of esters is 1. The van der Waals surface area contributed by atoms with Crippen molar-refractivity contribution in [3.8, 4) is 5.75 Å². The van der Waals surface area contributed by atoms with Crippen LogP contribution >= 0.6 is 34.8 Å². The molecule has 1 rings (SSSR count). The van der Waals surface area contributed by atoms with Crippen LogP contribution in [0.3, 0.4) is 0 Å². The first kappa shape index (κ1) is 17.4. The van der Waals surface area contributed by atoms with Crippen molar-refractivity contribution in [3.63, 3.8) is 0 Å². The fraction of sp³-hybridized carbons (Fsp3) is 0.500. The van der Waals surface area contributed by atoms with Crippen LogP contribution in [0, 0.1) is 0 Å². The minimum absolute atomic E-state index is 0.0202. The van der Waals surface area contributed by atoms with Crippen molar-refractivity contribution < 1.29 is 14.6 Å². The Morgan fingerprint density at radius 3 is 2.30 bits per heavy atom. The highest BCUT2D eigenvalue weighted by atomic mass is 35.5. The number of aromatic hydroxyl groups is 1. The Morgan fingerprint density at radius 2 is 1.75 bits per heavy atom. The van der Waals surface area contributed by atoms with E-state index < -0.39 is 5.97 Å². The first-order valence-corrected chi connectivity index (χ1v) is 7.55. The van der Waals surface area contributed by atoms with E-state index in [2.05, 4.69) is 6.92 Å². The fourth-order valence-corrected chi connectivity index (χ4v) is 2.71. The standard InChI is InChI=1S/C14H17Cl3O3/c1-3-4-5-6-7-8-9(14(19)20-2)10(15)11(16)12(17)13(8)18/h18H,3-7H2,1-2H3. The lowest BCUT2D eigenvalue weighted by Gasteiger charge is -2.15. The molecule has 0 amide bonds. The first-order valence-electron chi connectivity index (χ1n) is 6.42. The first-order chi connectivity index (χ1) is 9.45. The number of unbranched alkanes of at least 4 members (excludes halogenated alkanes) is 3. The minimum Gasteiger partial charge on any atom is -0.506 e. The van der Waals surface area contributed by atoms with Crippen LogP contribution in [-0.4, -0.2) is 18.2 Å². The zero-order valence-electron chi connectivity index (χ0n) is 11.4. The van der Waals surface area contributed by atoms with Gasteiger partial charge in [-0.05, 0) is 12.8 Å². The molecule has 112 valence electrons. The van der Waals surface area contributed by atoms with Crippen molar-refractivity contribution in [2.45, 2.75) is 39.0 Å². The Morgan fingerprint density at radius 1 is 1.10 bits per heavy atom. The third kappa shape index (κ3) is 3.72. The molecule has 3 nitrogen and oxygen atoms in total. The summed E-state index contributed by atoms with van der Waals surface area (Å²) in [4.78, 5) is 11.8. The van der Waals surface area contributed by atoms with Gasteiger partial charge in [-0.1, -0.05) is 61.0 Å². The highest BCUT2D eigenvalue weighted by Crippen LogP contribution is 2.43. The van der Waals surface area contributed by atoms with Gasteiger partial charge in [-0.25, -0.2) is 4.79 Å². The summed E-state index contributed by atoms with van der Waals surface area (Å²) < 4.78 is 4.70. The molecule has 6 heteroatoms. The van der Waals surface area contributed by atoms with Gasteiger partial charge in [0.15, 0.2) is 0 Å². The summed E-state index contributed by atoms with van der Waals surface area (Å²) in [6.45, 7) is 2.10. The van der Waals surface area contributed by atoms with Gasteiger partial charge in [0.1, 0.15) is 10.8 Å². The second-order valence-corrected chi connectivity index (χ2v) is 5.58. The summed E-state index contributed by atoms with van der Waals surface area (Å²) in [5, 5.41) is 10.1. The van der Waals surface area contributed by atoms with Gasteiger partial charge in [0.25, 0.3) is 0 Å². The lowest BCUT2D eigenvalue weighted by Crippen LogP contribution is -2.08. The molecule has 0 spiro atoms. The van der Waals surface area contributed by atoms with E-state index in [0.29, 0.717) is 12.0 Å². The van der Waals surface area contributed by atoms with Gasteiger partial charge in [0, 0.05) is 5.56 Å². The molecule has 0 heterocycles. The number of hydrogen-bond acceptors (Lipinski definition) is 3. The van der Waals surface area contributed by atoms with Gasteiger partial charge < -0.3 is 9.84 Å². The summed E-state index contributed by atoms with van der Waals surface area (Å²) in [6, 6.07) is 0. The van der Waals surface area contributed by atoms with Crippen LogP contribution in [0.25, 0.3) is 0 Å². The second-order valence-electron chi connectivity index (χ2n) is 4.45. The van der Waals surface area contributed by atoms with Crippen molar-refractivity contribution in [1.82, 2.24) is 0 Å². The second kappa shape index (κ2) is 7.96. The predicted molar refractivity (Wildman–Crippen MR) is 82.3 cm³/mol. The predicted octanol–water partition coefficient (Wildman–Crippen LogP) is 5.26. The van der Waals surface area contributed by atoms with Gasteiger partial charge in [0.05, 0.1) is 22.7 Å². The zero-order chi connectivity index (χ0) is 15.3. The molecule has 0 aliphatic heterocycles. The number of benzene rings is 1. The molecule has 0 aromatic heterocycles. The van der Waals surface area contributed by atoms with Gasteiger partial charge >= 0.3 is 5.97 Å². The van der Waals surface area contributed by atoms with E-state index in [1.54, 1.807) is 0 Å². The largest absolute Gasteiger partial charge is 0.506 e. The number of phenols is 1. The lowest BCUT2D eigenvalue weighted by molar-refractivity contribution is 0.0599. The molecule has 0 bridgehead atoms. The Bertz CT molecular complexity index is 501. The van der Waals surface area contributed by atoms with Crippen molar-refractivity contribution in [3.05, 3.63) is 26.2 Å². The van der Waals surface area contributed by atoms with Crippen LogP contribution in [0.5, 0.6) is 5.75 Å². The maximum Gasteiger partial charge on any atom is 0.339 e. The minimum atomic E-state index is -0.630. The average molecular weight is 340 g/mol. The molecule has 1 aromatic carbocycles. The van der Waals surface area contributed by atoms with Crippen LogP contribution in [0.15, 0.2) is 0 Å². The molecule has 1 aromatic rings. The summed E-state index contributed by atoms with van der Waals surface area (Å²) in [5.74, 6) is -0.827. The van der Waals surface area contributed by atoms with Gasteiger partial charge in [0.2, 0.25) is 0 Å². The van der Waals surface area contributed by atoms with Gasteiger partial charge in [-0.3, -0.25) is 0 Å². The smallest absolute Gasteiger partial charge is 0.339 e. The van der Waals surface area contributed by atoms with Crippen molar-refractivity contribution in [1.29, 1.82) is 0 Å². The van der Waals surface area contributed by atoms with Crippen molar-refractivity contribution >= 4 is 40.8 Å². The molecule has 0 unspecified atom stereocenters. The van der Waals surface area contributed by atoms with Crippen LogP contribution in [-0.2, 0) is 11.2 Å². The summed E-state index contributed by atoms with van der Waals surface area (Å²) >= 11 is 17.9. The number of carbonyl (C=O) groups is 1. The van der Waals surface area contributed by atoms with Gasteiger partial charge in [-0.2, -0.15) is 0 Å². The Kier molecular flexibility index (Phi) is 6.93. The van der Waals surface area contributed by atoms with E-state index >= 15 is 0 Å². The van der Waals surface area contributed by atoms with Gasteiger partial charge in [-0.15, -0.1) is 0 Å². The maximum atomic E-state index is 11.8.